The third-order valence-corrected chi connectivity index (χ3v) is 2.33. The monoisotopic (exact) mass is 211 g/mol. The van der Waals surface area contributed by atoms with Gasteiger partial charge in [-0.1, -0.05) is 6.42 Å². The zero-order valence-electron chi connectivity index (χ0n) is 8.15. The van der Waals surface area contributed by atoms with E-state index >= 15 is 0 Å². The molecule has 14 heavy (non-hydrogen) atoms. The highest BCUT2D eigenvalue weighted by atomic mass is 19.4. The zero-order chi connectivity index (χ0) is 10.4. The maximum absolute atomic E-state index is 11.6. The van der Waals surface area contributed by atoms with Gasteiger partial charge in [-0.25, -0.2) is 0 Å². The van der Waals surface area contributed by atoms with Crippen molar-refractivity contribution in [3.05, 3.63) is 0 Å². The van der Waals surface area contributed by atoms with Crippen LogP contribution >= 0.6 is 0 Å². The van der Waals surface area contributed by atoms with E-state index in [1.54, 1.807) is 0 Å². The Morgan fingerprint density at radius 3 is 2.29 bits per heavy atom. The molecule has 0 aromatic heterocycles. The van der Waals surface area contributed by atoms with Crippen LogP contribution in [0.2, 0.25) is 0 Å². The number of alkyl halides is 3. The number of halogens is 3. The molecule has 84 valence electrons. The number of hydrogen-bond acceptors (Lipinski definition) is 2. The summed E-state index contributed by atoms with van der Waals surface area (Å²) in [4.78, 5) is 2.20. The van der Waals surface area contributed by atoms with E-state index in [9.17, 15) is 13.2 Å². The van der Waals surface area contributed by atoms with E-state index in [-0.39, 0.29) is 6.61 Å². The number of ether oxygens (including phenoxy) is 1. The molecule has 0 atom stereocenters. The number of nitrogens with zero attached hydrogens (tertiary/aromatic N) is 1. The van der Waals surface area contributed by atoms with Crippen LogP contribution in [0.15, 0.2) is 0 Å². The van der Waals surface area contributed by atoms with Crippen LogP contribution < -0.4 is 0 Å². The summed E-state index contributed by atoms with van der Waals surface area (Å²) in [6.07, 6.45) is -0.433. The maximum atomic E-state index is 11.6. The lowest BCUT2D eigenvalue weighted by Crippen LogP contribution is -2.31. The summed E-state index contributed by atoms with van der Waals surface area (Å²) in [6, 6.07) is 0. The topological polar surface area (TPSA) is 12.5 Å². The Bertz CT molecular complexity index is 155. The van der Waals surface area contributed by atoms with Crippen LogP contribution in [-0.4, -0.2) is 37.5 Å². The summed E-state index contributed by atoms with van der Waals surface area (Å²) in [5.74, 6) is 0. The van der Waals surface area contributed by atoms with Crippen LogP contribution in [0.4, 0.5) is 13.2 Å². The molecule has 1 aliphatic rings. The van der Waals surface area contributed by atoms with Crippen molar-refractivity contribution >= 4 is 0 Å². The first-order chi connectivity index (χ1) is 6.58. The summed E-state index contributed by atoms with van der Waals surface area (Å²) < 4.78 is 38.4. The molecule has 1 fully saturated rings. The maximum Gasteiger partial charge on any atom is 0.522 e. The minimum Gasteiger partial charge on any atom is -0.303 e. The Kier molecular flexibility index (Phi) is 4.68. The van der Waals surface area contributed by atoms with Crippen molar-refractivity contribution in [1.82, 2.24) is 4.90 Å². The van der Waals surface area contributed by atoms with Crippen LogP contribution in [0.3, 0.4) is 0 Å². The molecule has 0 aromatic rings. The first-order valence-electron chi connectivity index (χ1n) is 5.01. The van der Waals surface area contributed by atoms with E-state index in [4.69, 9.17) is 0 Å². The van der Waals surface area contributed by atoms with E-state index in [1.165, 1.54) is 19.3 Å². The standard InChI is InChI=1S/C9H16F3NO/c10-9(11,12)14-8-4-7-13-5-2-1-3-6-13/h1-8H2. The van der Waals surface area contributed by atoms with E-state index in [0.29, 0.717) is 6.42 Å². The summed E-state index contributed by atoms with van der Waals surface area (Å²) >= 11 is 0. The van der Waals surface area contributed by atoms with Crippen molar-refractivity contribution < 1.29 is 17.9 Å². The fraction of sp³-hybridized carbons (Fsp3) is 1.00. The van der Waals surface area contributed by atoms with Crippen molar-refractivity contribution in [2.24, 2.45) is 0 Å². The van der Waals surface area contributed by atoms with Gasteiger partial charge in [0.1, 0.15) is 0 Å². The molecule has 0 bridgehead atoms. The second kappa shape index (κ2) is 5.56. The fourth-order valence-electron chi connectivity index (χ4n) is 1.66. The predicted octanol–water partition coefficient (Wildman–Crippen LogP) is 2.40. The predicted molar refractivity (Wildman–Crippen MR) is 46.9 cm³/mol. The third kappa shape index (κ3) is 5.44. The van der Waals surface area contributed by atoms with Crippen LogP contribution in [0, 0.1) is 0 Å². The SMILES string of the molecule is FC(F)(F)OCCCN1CCCCC1. The Hall–Kier alpha value is -0.290. The average molecular weight is 211 g/mol. The van der Waals surface area contributed by atoms with Gasteiger partial charge in [0.2, 0.25) is 0 Å². The molecule has 0 radical (unpaired) electrons. The van der Waals surface area contributed by atoms with Gasteiger partial charge in [0.05, 0.1) is 6.61 Å². The molecule has 0 aromatic carbocycles. The van der Waals surface area contributed by atoms with Gasteiger partial charge in [0, 0.05) is 6.54 Å². The van der Waals surface area contributed by atoms with Crippen molar-refractivity contribution in [3.63, 3.8) is 0 Å². The van der Waals surface area contributed by atoms with Crippen LogP contribution in [0.5, 0.6) is 0 Å². The molecule has 1 aliphatic heterocycles. The second-order valence-corrected chi connectivity index (χ2v) is 3.55. The Morgan fingerprint density at radius 1 is 1.07 bits per heavy atom. The Balaban J connectivity index is 1.97. The average Bonchev–Trinajstić information content (AvgIpc) is 2.13. The van der Waals surface area contributed by atoms with Crippen molar-refractivity contribution in [3.8, 4) is 0 Å². The highest BCUT2D eigenvalue weighted by Gasteiger charge is 2.28. The highest BCUT2D eigenvalue weighted by molar-refractivity contribution is 4.63. The summed E-state index contributed by atoms with van der Waals surface area (Å²) in [6.45, 7) is 2.54. The van der Waals surface area contributed by atoms with Gasteiger partial charge in [-0.2, -0.15) is 0 Å². The number of likely N-dealkylation sites (tertiary alicyclic amines) is 1. The molecule has 0 unspecified atom stereocenters. The van der Waals surface area contributed by atoms with E-state index in [1.807, 2.05) is 0 Å². The van der Waals surface area contributed by atoms with E-state index in [2.05, 4.69) is 9.64 Å². The Labute approximate surface area is 82.0 Å². The minimum atomic E-state index is -4.47. The number of piperidine rings is 1. The molecule has 5 heteroatoms. The lowest BCUT2D eigenvalue weighted by molar-refractivity contribution is -0.324. The number of rotatable bonds is 4. The van der Waals surface area contributed by atoms with Crippen molar-refractivity contribution in [2.75, 3.05) is 26.2 Å². The van der Waals surface area contributed by atoms with Crippen molar-refractivity contribution in [2.45, 2.75) is 32.0 Å². The van der Waals surface area contributed by atoms with Crippen LogP contribution in [0.1, 0.15) is 25.7 Å². The summed E-state index contributed by atoms with van der Waals surface area (Å²) in [5.41, 5.74) is 0. The van der Waals surface area contributed by atoms with Gasteiger partial charge in [-0.15, -0.1) is 13.2 Å². The van der Waals surface area contributed by atoms with Gasteiger partial charge >= 0.3 is 6.36 Å². The highest BCUT2D eigenvalue weighted by Crippen LogP contribution is 2.16. The van der Waals surface area contributed by atoms with Gasteiger partial charge in [0.25, 0.3) is 0 Å². The molecule has 2 nitrogen and oxygen atoms in total. The van der Waals surface area contributed by atoms with Crippen LogP contribution in [0.25, 0.3) is 0 Å². The van der Waals surface area contributed by atoms with Gasteiger partial charge < -0.3 is 4.90 Å². The first kappa shape index (κ1) is 11.8. The third-order valence-electron chi connectivity index (χ3n) is 2.33. The molecular formula is C9H16F3NO. The second-order valence-electron chi connectivity index (χ2n) is 3.55. The van der Waals surface area contributed by atoms with Crippen LogP contribution in [-0.2, 0) is 4.74 Å². The number of hydrogen-bond donors (Lipinski definition) is 0. The zero-order valence-corrected chi connectivity index (χ0v) is 8.15. The van der Waals surface area contributed by atoms with E-state index in [0.717, 1.165) is 19.6 Å². The molecule has 0 N–H and O–H groups in total. The Morgan fingerprint density at radius 2 is 1.71 bits per heavy atom. The molecule has 0 amide bonds. The smallest absolute Gasteiger partial charge is 0.303 e. The largest absolute Gasteiger partial charge is 0.522 e. The lowest BCUT2D eigenvalue weighted by Gasteiger charge is -2.26. The van der Waals surface area contributed by atoms with E-state index < -0.39 is 6.36 Å². The lowest BCUT2D eigenvalue weighted by atomic mass is 10.1. The molecular weight excluding hydrogens is 195 g/mol. The molecule has 0 aliphatic carbocycles. The molecule has 1 rings (SSSR count). The molecule has 0 spiro atoms. The van der Waals surface area contributed by atoms with Crippen molar-refractivity contribution in [1.29, 1.82) is 0 Å². The van der Waals surface area contributed by atoms with Gasteiger partial charge in [-0.3, -0.25) is 4.74 Å². The molecule has 1 heterocycles. The summed E-state index contributed by atoms with van der Waals surface area (Å²) in [5, 5.41) is 0. The van der Waals surface area contributed by atoms with Gasteiger partial charge in [0.15, 0.2) is 0 Å². The summed E-state index contributed by atoms with van der Waals surface area (Å²) in [7, 11) is 0. The quantitative estimate of drug-likeness (QED) is 0.662. The molecule has 1 saturated heterocycles. The minimum absolute atomic E-state index is 0.222. The first-order valence-corrected chi connectivity index (χ1v) is 5.01. The fourth-order valence-corrected chi connectivity index (χ4v) is 1.66. The normalized spacial score (nSPS) is 19.9. The molecule has 0 saturated carbocycles. The van der Waals surface area contributed by atoms with Gasteiger partial charge in [-0.05, 0) is 32.4 Å².